The molecule has 2 unspecified atom stereocenters. The Morgan fingerprint density at radius 3 is 3.07 bits per heavy atom. The van der Waals surface area contributed by atoms with Crippen molar-refractivity contribution in [2.45, 2.75) is 38.0 Å². The van der Waals surface area contributed by atoms with Crippen molar-refractivity contribution in [2.75, 3.05) is 5.75 Å². The fourth-order valence-electron chi connectivity index (χ4n) is 1.63. The molecule has 1 heterocycles. The molecule has 2 nitrogen and oxygen atoms in total. The number of thioether (sulfide) groups is 1. The maximum Gasteiger partial charge on any atom is 0.0603 e. The summed E-state index contributed by atoms with van der Waals surface area (Å²) in [5, 5.41) is 3.74. The summed E-state index contributed by atoms with van der Waals surface area (Å²) in [6.07, 6.45) is 8.02. The van der Waals surface area contributed by atoms with Crippen LogP contribution in [-0.4, -0.2) is 22.8 Å². The van der Waals surface area contributed by atoms with Crippen LogP contribution < -0.4 is 5.32 Å². The van der Waals surface area contributed by atoms with E-state index in [0.717, 1.165) is 11.0 Å². The summed E-state index contributed by atoms with van der Waals surface area (Å²) in [4.78, 5) is 4.68. The van der Waals surface area contributed by atoms with E-state index in [4.69, 9.17) is 0 Å². The summed E-state index contributed by atoms with van der Waals surface area (Å²) < 4.78 is 0. The number of rotatable bonds is 5. The molecule has 0 saturated carbocycles. The Morgan fingerprint density at radius 2 is 2.47 bits per heavy atom. The van der Waals surface area contributed by atoms with Gasteiger partial charge in [0.1, 0.15) is 0 Å². The van der Waals surface area contributed by atoms with Gasteiger partial charge in [-0.2, -0.15) is 11.8 Å². The maximum absolute atomic E-state index is 4.68. The van der Waals surface area contributed by atoms with Crippen molar-refractivity contribution >= 4 is 17.5 Å². The molecular weight excluding hydrogens is 204 g/mol. The predicted molar refractivity (Wildman–Crippen MR) is 70.5 cm³/mol. The fraction of sp³-hybridized carbons (Fsp3) is 0.583. The van der Waals surface area contributed by atoms with Gasteiger partial charge in [-0.1, -0.05) is 13.5 Å². The van der Waals surface area contributed by atoms with Gasteiger partial charge in [0, 0.05) is 22.9 Å². The van der Waals surface area contributed by atoms with Gasteiger partial charge >= 0.3 is 0 Å². The molecule has 15 heavy (non-hydrogen) atoms. The van der Waals surface area contributed by atoms with E-state index >= 15 is 0 Å². The highest BCUT2D eigenvalue weighted by Crippen LogP contribution is 2.30. The van der Waals surface area contributed by atoms with Crippen molar-refractivity contribution < 1.29 is 0 Å². The molecule has 1 aliphatic heterocycles. The number of nitrogens with zero attached hydrogens (tertiary/aromatic N) is 1. The molecular formula is C12H20N2S. The van der Waals surface area contributed by atoms with Crippen molar-refractivity contribution in [3.8, 4) is 0 Å². The van der Waals surface area contributed by atoms with Crippen LogP contribution in [0.4, 0.5) is 0 Å². The minimum absolute atomic E-state index is 0.522. The summed E-state index contributed by atoms with van der Waals surface area (Å²) in [7, 11) is 0. The average molecular weight is 224 g/mol. The van der Waals surface area contributed by atoms with E-state index in [1.165, 1.54) is 18.6 Å². The second kappa shape index (κ2) is 6.72. The molecule has 0 aromatic heterocycles. The van der Waals surface area contributed by atoms with Gasteiger partial charge in [-0.05, 0) is 32.0 Å². The van der Waals surface area contributed by atoms with Crippen LogP contribution in [0.2, 0.25) is 0 Å². The number of nitrogens with one attached hydrogen (secondary N) is 1. The molecule has 0 aliphatic carbocycles. The third-order valence-electron chi connectivity index (χ3n) is 2.44. The Balaban J connectivity index is 2.38. The molecule has 0 amide bonds. The van der Waals surface area contributed by atoms with Crippen LogP contribution >= 0.6 is 11.8 Å². The number of allylic oxidation sites excluding steroid dienone is 1. The lowest BCUT2D eigenvalue weighted by molar-refractivity contribution is 0.671. The van der Waals surface area contributed by atoms with Crippen LogP contribution in [0.25, 0.3) is 0 Å². The summed E-state index contributed by atoms with van der Waals surface area (Å²) >= 11 is 2.06. The highest BCUT2D eigenvalue weighted by molar-refractivity contribution is 8.00. The number of hydrogen-bond acceptors (Lipinski definition) is 3. The van der Waals surface area contributed by atoms with Gasteiger partial charge in [0.15, 0.2) is 0 Å². The third kappa shape index (κ3) is 4.56. The number of hydrogen-bond donors (Lipinski definition) is 1. The minimum atomic E-state index is 0.522. The van der Waals surface area contributed by atoms with Gasteiger partial charge in [-0.15, -0.1) is 0 Å². The molecule has 0 bridgehead atoms. The summed E-state index contributed by atoms with van der Waals surface area (Å²) in [5.41, 5.74) is 1.09. The molecule has 1 N–H and O–H groups in total. The van der Waals surface area contributed by atoms with Crippen molar-refractivity contribution in [3.63, 3.8) is 0 Å². The lowest BCUT2D eigenvalue weighted by Gasteiger charge is -2.04. The zero-order chi connectivity index (χ0) is 11.1. The van der Waals surface area contributed by atoms with Gasteiger partial charge in [-0.25, -0.2) is 0 Å². The highest BCUT2D eigenvalue weighted by Gasteiger charge is 2.22. The smallest absolute Gasteiger partial charge is 0.0603 e. The molecule has 0 spiro atoms. The van der Waals surface area contributed by atoms with E-state index < -0.39 is 0 Å². The zero-order valence-corrected chi connectivity index (χ0v) is 10.4. The van der Waals surface area contributed by atoms with Crippen molar-refractivity contribution in [2.24, 2.45) is 4.99 Å². The van der Waals surface area contributed by atoms with Gasteiger partial charge < -0.3 is 5.32 Å². The standard InChI is InChI=1S/C12H20N2S/c1-4-12-8-11(9-15-12)14-10(3)6-7-13-5-2/h5-7,11-13H,2,4,8-9H2,1,3H3/b7-6-,14-10-. The van der Waals surface area contributed by atoms with Crippen molar-refractivity contribution in [3.05, 3.63) is 25.1 Å². The largest absolute Gasteiger partial charge is 0.368 e. The number of aliphatic imine (C=N–C) groups is 1. The predicted octanol–water partition coefficient (Wildman–Crippen LogP) is 2.98. The molecule has 0 radical (unpaired) electrons. The second-order valence-electron chi connectivity index (χ2n) is 3.73. The first-order valence-corrected chi connectivity index (χ1v) is 6.50. The molecule has 1 rings (SSSR count). The minimum Gasteiger partial charge on any atom is -0.368 e. The Morgan fingerprint density at radius 1 is 1.67 bits per heavy atom. The summed E-state index contributed by atoms with van der Waals surface area (Å²) in [5.74, 6) is 1.18. The van der Waals surface area contributed by atoms with Crippen LogP contribution in [-0.2, 0) is 0 Å². The first-order chi connectivity index (χ1) is 7.26. The molecule has 1 saturated heterocycles. The molecule has 0 aromatic rings. The Bertz CT molecular complexity index is 258. The average Bonchev–Trinajstić information content (AvgIpc) is 2.66. The SMILES string of the molecule is C=CN/C=C\C(C)=N/C1CSC(CC)C1. The lowest BCUT2D eigenvalue weighted by atomic mass is 10.1. The van der Waals surface area contributed by atoms with Crippen LogP contribution in [0.1, 0.15) is 26.7 Å². The summed E-state index contributed by atoms with van der Waals surface area (Å²) in [6, 6.07) is 0.522. The fourth-order valence-corrected chi connectivity index (χ4v) is 2.93. The molecule has 84 valence electrons. The van der Waals surface area contributed by atoms with E-state index in [9.17, 15) is 0 Å². The molecule has 0 aromatic carbocycles. The molecule has 1 aliphatic rings. The van der Waals surface area contributed by atoms with Gasteiger partial charge in [0.25, 0.3) is 0 Å². The van der Waals surface area contributed by atoms with E-state index in [2.05, 4.69) is 35.6 Å². The first kappa shape index (κ1) is 12.4. The summed E-state index contributed by atoms with van der Waals surface area (Å²) in [6.45, 7) is 7.88. The van der Waals surface area contributed by atoms with E-state index in [-0.39, 0.29) is 0 Å². The second-order valence-corrected chi connectivity index (χ2v) is 5.06. The first-order valence-electron chi connectivity index (χ1n) is 5.45. The van der Waals surface area contributed by atoms with Gasteiger partial charge in [0.2, 0.25) is 0 Å². The quantitative estimate of drug-likeness (QED) is 0.726. The van der Waals surface area contributed by atoms with Crippen LogP contribution in [0.15, 0.2) is 30.0 Å². The molecule has 2 atom stereocenters. The van der Waals surface area contributed by atoms with Crippen molar-refractivity contribution in [1.82, 2.24) is 5.32 Å². The van der Waals surface area contributed by atoms with Gasteiger partial charge in [0.05, 0.1) is 6.04 Å². The highest BCUT2D eigenvalue weighted by atomic mass is 32.2. The molecule has 1 fully saturated rings. The maximum atomic E-state index is 4.68. The topological polar surface area (TPSA) is 24.4 Å². The Labute approximate surface area is 96.9 Å². The molecule has 3 heteroatoms. The third-order valence-corrected chi connectivity index (χ3v) is 4.01. The monoisotopic (exact) mass is 224 g/mol. The normalized spacial score (nSPS) is 27.2. The van der Waals surface area contributed by atoms with E-state index in [1.54, 1.807) is 6.20 Å². The van der Waals surface area contributed by atoms with Gasteiger partial charge in [-0.3, -0.25) is 4.99 Å². The van der Waals surface area contributed by atoms with Crippen LogP contribution in [0.3, 0.4) is 0 Å². The van der Waals surface area contributed by atoms with Crippen LogP contribution in [0, 0.1) is 0 Å². The lowest BCUT2D eigenvalue weighted by Crippen LogP contribution is -2.06. The van der Waals surface area contributed by atoms with Crippen molar-refractivity contribution in [1.29, 1.82) is 0 Å². The van der Waals surface area contributed by atoms with Crippen LogP contribution in [0.5, 0.6) is 0 Å². The Hall–Kier alpha value is -0.700. The Kier molecular flexibility index (Phi) is 5.54. The van der Waals surface area contributed by atoms with E-state index in [1.807, 2.05) is 19.2 Å². The zero-order valence-electron chi connectivity index (χ0n) is 9.57. The van der Waals surface area contributed by atoms with E-state index in [0.29, 0.717) is 6.04 Å².